The fraction of sp³-hybridized carbons (Fsp3) is 0.333. The molecule has 0 unspecified atom stereocenters. The first-order valence-corrected chi connectivity index (χ1v) is 7.31. The molecule has 0 amide bonds. The first kappa shape index (κ1) is 14.6. The minimum Gasteiger partial charge on any atom is -0.347 e. The third-order valence-electron chi connectivity index (χ3n) is 3.39. The Morgan fingerprint density at radius 2 is 2.10 bits per heavy atom. The molecule has 2 heteroatoms. The van der Waals surface area contributed by atoms with Gasteiger partial charge < -0.3 is 10.2 Å². The minimum atomic E-state index is 0.932. The van der Waals surface area contributed by atoms with Gasteiger partial charge in [-0.25, -0.2) is 0 Å². The lowest BCUT2D eigenvalue weighted by Gasteiger charge is -2.27. The van der Waals surface area contributed by atoms with Crippen LogP contribution < -0.4 is 5.32 Å². The number of rotatable bonds is 5. The number of nitrogens with one attached hydrogen (secondary N) is 1. The van der Waals surface area contributed by atoms with Crippen LogP contribution >= 0.6 is 0 Å². The second-order valence-electron chi connectivity index (χ2n) is 5.14. The molecule has 0 fully saturated rings. The van der Waals surface area contributed by atoms with Gasteiger partial charge in [0.1, 0.15) is 0 Å². The van der Waals surface area contributed by atoms with E-state index in [1.807, 2.05) is 0 Å². The molecular weight excluding hydrogens is 244 g/mol. The number of hydrogen-bond acceptors (Lipinski definition) is 2. The fourth-order valence-corrected chi connectivity index (χ4v) is 2.43. The highest BCUT2D eigenvalue weighted by Crippen LogP contribution is 2.17. The third-order valence-corrected chi connectivity index (χ3v) is 3.39. The summed E-state index contributed by atoms with van der Waals surface area (Å²) in [4.78, 5) is 2.38. The molecule has 0 saturated carbocycles. The molecule has 1 aliphatic heterocycles. The Hall–Kier alpha value is -1.80. The van der Waals surface area contributed by atoms with E-state index in [4.69, 9.17) is 0 Å². The van der Waals surface area contributed by atoms with Crippen molar-refractivity contribution in [3.8, 4) is 0 Å². The van der Waals surface area contributed by atoms with Gasteiger partial charge in [-0.2, -0.15) is 0 Å². The predicted molar refractivity (Wildman–Crippen MR) is 86.1 cm³/mol. The van der Waals surface area contributed by atoms with Crippen LogP contribution in [0.5, 0.6) is 0 Å². The Bertz CT molecular complexity index is 497. The quantitative estimate of drug-likeness (QED) is 0.816. The van der Waals surface area contributed by atoms with Crippen LogP contribution in [-0.2, 0) is 6.54 Å². The molecule has 1 aliphatic rings. The Kier molecular flexibility index (Phi) is 5.63. The Balaban J connectivity index is 2.19. The molecule has 0 spiro atoms. The van der Waals surface area contributed by atoms with Crippen molar-refractivity contribution in [2.24, 2.45) is 0 Å². The van der Waals surface area contributed by atoms with Crippen molar-refractivity contribution in [1.82, 2.24) is 10.2 Å². The van der Waals surface area contributed by atoms with Crippen LogP contribution in [0.2, 0.25) is 0 Å². The van der Waals surface area contributed by atoms with Gasteiger partial charge in [0.2, 0.25) is 0 Å². The summed E-state index contributed by atoms with van der Waals surface area (Å²) >= 11 is 0. The van der Waals surface area contributed by atoms with Crippen LogP contribution in [0.4, 0.5) is 0 Å². The van der Waals surface area contributed by atoms with Gasteiger partial charge in [0.15, 0.2) is 0 Å². The van der Waals surface area contributed by atoms with Gasteiger partial charge in [0, 0.05) is 31.5 Å². The Morgan fingerprint density at radius 3 is 2.75 bits per heavy atom. The van der Waals surface area contributed by atoms with Crippen molar-refractivity contribution in [3.63, 3.8) is 0 Å². The van der Waals surface area contributed by atoms with E-state index in [0.29, 0.717) is 0 Å². The zero-order chi connectivity index (χ0) is 14.2. The molecule has 0 aromatic heterocycles. The molecule has 0 saturated heterocycles. The molecule has 0 atom stereocenters. The summed E-state index contributed by atoms with van der Waals surface area (Å²) < 4.78 is 0. The van der Waals surface area contributed by atoms with Gasteiger partial charge >= 0.3 is 0 Å². The highest BCUT2D eigenvalue weighted by atomic mass is 15.1. The molecule has 0 bridgehead atoms. The molecule has 2 nitrogen and oxygen atoms in total. The van der Waals surface area contributed by atoms with E-state index in [-0.39, 0.29) is 0 Å². The van der Waals surface area contributed by atoms with Gasteiger partial charge in [0.25, 0.3) is 0 Å². The van der Waals surface area contributed by atoms with Crippen molar-refractivity contribution in [1.29, 1.82) is 0 Å². The summed E-state index contributed by atoms with van der Waals surface area (Å²) in [6.07, 6.45) is 9.88. The monoisotopic (exact) mass is 268 g/mol. The Morgan fingerprint density at radius 1 is 1.30 bits per heavy atom. The highest BCUT2D eigenvalue weighted by molar-refractivity contribution is 5.22. The molecule has 1 N–H and O–H groups in total. The number of allylic oxidation sites excluding steroid dienone is 3. The fourth-order valence-electron chi connectivity index (χ4n) is 2.43. The summed E-state index contributed by atoms with van der Waals surface area (Å²) in [5, 5.41) is 3.37. The number of benzene rings is 1. The molecule has 0 aliphatic carbocycles. The van der Waals surface area contributed by atoms with Crippen molar-refractivity contribution in [3.05, 3.63) is 71.6 Å². The molecule has 1 heterocycles. The van der Waals surface area contributed by atoms with E-state index in [1.54, 1.807) is 0 Å². The number of nitrogens with zero attached hydrogens (tertiary/aromatic N) is 1. The third kappa shape index (κ3) is 4.39. The van der Waals surface area contributed by atoms with Crippen LogP contribution in [-0.4, -0.2) is 18.0 Å². The molecule has 1 aromatic rings. The topological polar surface area (TPSA) is 15.3 Å². The van der Waals surface area contributed by atoms with E-state index < -0.39 is 0 Å². The minimum absolute atomic E-state index is 0.932. The highest BCUT2D eigenvalue weighted by Gasteiger charge is 2.10. The van der Waals surface area contributed by atoms with Crippen LogP contribution in [0.15, 0.2) is 66.0 Å². The lowest BCUT2D eigenvalue weighted by atomic mass is 10.1. The van der Waals surface area contributed by atoms with Gasteiger partial charge in [0.05, 0.1) is 0 Å². The largest absolute Gasteiger partial charge is 0.347 e. The van der Waals surface area contributed by atoms with Crippen LogP contribution in [0.3, 0.4) is 0 Å². The molecular formula is C18H24N2. The Labute approximate surface area is 122 Å². The SMILES string of the molecule is C/C=C/C(C)=C/N(Cc1ccccc1)C1=CCNCC1. The summed E-state index contributed by atoms with van der Waals surface area (Å²) in [7, 11) is 0. The molecule has 0 radical (unpaired) electrons. The van der Waals surface area contributed by atoms with Gasteiger partial charge in [-0.15, -0.1) is 0 Å². The summed E-state index contributed by atoms with van der Waals surface area (Å²) in [6.45, 7) is 7.18. The normalized spacial score (nSPS) is 16.3. The number of hydrogen-bond donors (Lipinski definition) is 1. The molecule has 1 aromatic carbocycles. The van der Waals surface area contributed by atoms with Crippen molar-refractivity contribution in [2.45, 2.75) is 26.8 Å². The van der Waals surface area contributed by atoms with Crippen molar-refractivity contribution >= 4 is 0 Å². The maximum atomic E-state index is 3.37. The van der Waals surface area contributed by atoms with Crippen molar-refractivity contribution in [2.75, 3.05) is 13.1 Å². The molecule has 106 valence electrons. The van der Waals surface area contributed by atoms with Crippen LogP contribution in [0.25, 0.3) is 0 Å². The maximum Gasteiger partial charge on any atom is 0.0472 e. The zero-order valence-corrected chi connectivity index (χ0v) is 12.5. The lowest BCUT2D eigenvalue weighted by Crippen LogP contribution is -2.27. The average Bonchev–Trinajstić information content (AvgIpc) is 2.49. The average molecular weight is 268 g/mol. The predicted octanol–water partition coefficient (Wildman–Crippen LogP) is 3.85. The maximum absolute atomic E-state index is 3.37. The first-order valence-electron chi connectivity index (χ1n) is 7.31. The van der Waals surface area contributed by atoms with Gasteiger partial charge in [-0.3, -0.25) is 0 Å². The van der Waals surface area contributed by atoms with E-state index in [0.717, 1.165) is 26.1 Å². The summed E-state index contributed by atoms with van der Waals surface area (Å²) in [5.41, 5.74) is 4.04. The van der Waals surface area contributed by atoms with E-state index >= 15 is 0 Å². The second kappa shape index (κ2) is 7.71. The van der Waals surface area contributed by atoms with E-state index in [1.165, 1.54) is 16.8 Å². The first-order chi connectivity index (χ1) is 9.79. The smallest absolute Gasteiger partial charge is 0.0472 e. The molecule has 2 rings (SSSR count). The lowest BCUT2D eigenvalue weighted by molar-refractivity contribution is 0.422. The van der Waals surface area contributed by atoms with Crippen LogP contribution in [0.1, 0.15) is 25.8 Å². The second-order valence-corrected chi connectivity index (χ2v) is 5.14. The van der Waals surface area contributed by atoms with Gasteiger partial charge in [-0.05, 0) is 31.4 Å². The van der Waals surface area contributed by atoms with Gasteiger partial charge in [-0.1, -0.05) is 48.6 Å². The summed E-state index contributed by atoms with van der Waals surface area (Å²) in [6, 6.07) is 10.7. The van der Waals surface area contributed by atoms with E-state index in [9.17, 15) is 0 Å². The summed E-state index contributed by atoms with van der Waals surface area (Å²) in [5.74, 6) is 0. The van der Waals surface area contributed by atoms with E-state index in [2.05, 4.69) is 78.8 Å². The standard InChI is InChI=1S/C18H24N2/c1-3-7-16(2)14-20(18-10-12-19-13-11-18)15-17-8-5-4-6-9-17/h3-10,14,19H,11-13,15H2,1-2H3/b7-3+,16-14+. The van der Waals surface area contributed by atoms with Crippen molar-refractivity contribution < 1.29 is 0 Å². The van der Waals surface area contributed by atoms with Crippen LogP contribution in [0, 0.1) is 0 Å². The molecule has 20 heavy (non-hydrogen) atoms. The zero-order valence-electron chi connectivity index (χ0n) is 12.5.